The van der Waals surface area contributed by atoms with E-state index in [4.69, 9.17) is 14.6 Å². The van der Waals surface area contributed by atoms with Gasteiger partial charge in [-0.2, -0.15) is 5.26 Å². The summed E-state index contributed by atoms with van der Waals surface area (Å²) in [5.74, 6) is 1.48. The first-order valence-electron chi connectivity index (χ1n) is 10.6. The average molecular weight is 410 g/mol. The molecular weight excluding hydrogens is 378 g/mol. The lowest BCUT2D eigenvalue weighted by atomic mass is 9.99. The lowest BCUT2D eigenvalue weighted by molar-refractivity contribution is 0.287. The van der Waals surface area contributed by atoms with Crippen molar-refractivity contribution in [3.8, 4) is 17.6 Å². The summed E-state index contributed by atoms with van der Waals surface area (Å²) >= 11 is 0. The molecule has 6 heteroatoms. The molecule has 0 fully saturated rings. The molecule has 0 aliphatic carbocycles. The molecule has 2 N–H and O–H groups in total. The molecule has 1 aliphatic rings. The topological polar surface area (TPSA) is 77.8 Å². The van der Waals surface area contributed by atoms with Gasteiger partial charge in [-0.1, -0.05) is 18.2 Å². The van der Waals surface area contributed by atoms with Crippen molar-refractivity contribution in [2.75, 3.05) is 44.9 Å². The maximum atomic E-state index is 9.66. The van der Waals surface area contributed by atoms with Crippen molar-refractivity contribution in [1.82, 2.24) is 5.32 Å². The van der Waals surface area contributed by atoms with Gasteiger partial charge in [-0.25, -0.2) is 0 Å². The number of hydrogen-bond donors (Lipinski definition) is 2. The Labute approximate surface area is 179 Å². The number of hydrogen-bond acceptors (Lipinski definition) is 6. The van der Waals surface area contributed by atoms with Crippen LogP contribution in [0.25, 0.3) is 0 Å². The molecule has 2 aromatic rings. The van der Waals surface area contributed by atoms with Crippen molar-refractivity contribution < 1.29 is 14.6 Å². The van der Waals surface area contributed by atoms with Gasteiger partial charge in [0.25, 0.3) is 0 Å². The summed E-state index contributed by atoms with van der Waals surface area (Å²) in [5.41, 5.74) is 4.22. The van der Waals surface area contributed by atoms with E-state index >= 15 is 0 Å². The number of benzene rings is 2. The molecule has 6 nitrogen and oxygen atoms in total. The number of aliphatic hydroxyl groups is 1. The first-order valence-corrected chi connectivity index (χ1v) is 10.6. The molecule has 0 bridgehead atoms. The Morgan fingerprint density at radius 2 is 2.07 bits per heavy atom. The number of rotatable bonds is 11. The van der Waals surface area contributed by atoms with Gasteiger partial charge in [-0.05, 0) is 55.5 Å². The van der Waals surface area contributed by atoms with Gasteiger partial charge >= 0.3 is 0 Å². The zero-order chi connectivity index (χ0) is 21.3. The number of nitrogens with zero attached hydrogens (tertiary/aromatic N) is 2. The zero-order valence-electron chi connectivity index (χ0n) is 17.9. The fourth-order valence-corrected chi connectivity index (χ4v) is 4.01. The van der Waals surface area contributed by atoms with Crippen molar-refractivity contribution in [3.63, 3.8) is 0 Å². The summed E-state index contributed by atoms with van der Waals surface area (Å²) in [7, 11) is 1.64. The number of nitriles is 1. The van der Waals surface area contributed by atoms with Crippen molar-refractivity contribution in [2.24, 2.45) is 0 Å². The minimum Gasteiger partial charge on any atom is -0.493 e. The van der Waals surface area contributed by atoms with Crippen LogP contribution in [-0.2, 0) is 12.8 Å². The number of anilines is 1. The van der Waals surface area contributed by atoms with Crippen LogP contribution in [0.1, 0.15) is 30.0 Å². The predicted octanol–water partition coefficient (Wildman–Crippen LogP) is 2.91. The molecule has 3 rings (SSSR count). The van der Waals surface area contributed by atoms with Crippen LogP contribution in [0, 0.1) is 11.3 Å². The highest BCUT2D eigenvalue weighted by atomic mass is 16.5. The maximum absolute atomic E-state index is 9.66. The Balaban J connectivity index is 1.53. The molecule has 1 aliphatic heterocycles. The van der Waals surface area contributed by atoms with Gasteiger partial charge in [0.1, 0.15) is 12.7 Å². The molecule has 0 spiro atoms. The molecule has 0 radical (unpaired) electrons. The summed E-state index contributed by atoms with van der Waals surface area (Å²) in [4.78, 5) is 2.23. The highest BCUT2D eigenvalue weighted by Crippen LogP contribution is 2.33. The zero-order valence-corrected chi connectivity index (χ0v) is 17.9. The number of aliphatic hydroxyl groups excluding tert-OH is 1. The smallest absolute Gasteiger partial charge is 0.161 e. The van der Waals surface area contributed by atoms with E-state index in [0.717, 1.165) is 61.6 Å². The fraction of sp³-hybridized carbons (Fsp3) is 0.458. The van der Waals surface area contributed by atoms with E-state index in [1.807, 2.05) is 30.3 Å². The van der Waals surface area contributed by atoms with Crippen LogP contribution in [0.15, 0.2) is 36.4 Å². The van der Waals surface area contributed by atoms with Gasteiger partial charge in [0.05, 0.1) is 18.4 Å². The Morgan fingerprint density at radius 1 is 1.27 bits per heavy atom. The molecule has 0 saturated heterocycles. The van der Waals surface area contributed by atoms with E-state index in [-0.39, 0.29) is 12.6 Å². The van der Waals surface area contributed by atoms with Crippen LogP contribution in [0.3, 0.4) is 0 Å². The van der Waals surface area contributed by atoms with Crippen LogP contribution in [0.5, 0.6) is 11.5 Å². The second kappa shape index (κ2) is 10.9. The number of methoxy groups -OCH3 is 1. The summed E-state index contributed by atoms with van der Waals surface area (Å²) in [5, 5.41) is 22.3. The number of para-hydroxylation sites is 2. The SMILES string of the molecule is COc1ccccc1OCCN[C@H](C)Cc1cc(C#N)c2c(c1)CCN2CCCO. The quantitative estimate of drug-likeness (QED) is 0.556. The minimum atomic E-state index is 0.176. The van der Waals surface area contributed by atoms with Crippen LogP contribution in [-0.4, -0.2) is 51.1 Å². The Bertz CT molecular complexity index is 878. The van der Waals surface area contributed by atoms with E-state index in [1.165, 1.54) is 11.1 Å². The van der Waals surface area contributed by atoms with Crippen molar-refractivity contribution in [3.05, 3.63) is 53.1 Å². The van der Waals surface area contributed by atoms with Crippen LogP contribution < -0.4 is 19.7 Å². The largest absolute Gasteiger partial charge is 0.493 e. The lowest BCUT2D eigenvalue weighted by Gasteiger charge is -2.21. The van der Waals surface area contributed by atoms with E-state index in [9.17, 15) is 5.26 Å². The average Bonchev–Trinajstić information content (AvgIpc) is 3.17. The van der Waals surface area contributed by atoms with Crippen molar-refractivity contribution in [1.29, 1.82) is 5.26 Å². The van der Waals surface area contributed by atoms with Crippen LogP contribution in [0.4, 0.5) is 5.69 Å². The second-order valence-electron chi connectivity index (χ2n) is 7.64. The monoisotopic (exact) mass is 409 g/mol. The van der Waals surface area contributed by atoms with Gasteiger partial charge < -0.3 is 24.8 Å². The summed E-state index contributed by atoms with van der Waals surface area (Å²) < 4.78 is 11.1. The summed E-state index contributed by atoms with van der Waals surface area (Å²) in [6.45, 7) is 5.32. The van der Waals surface area contributed by atoms with Crippen molar-refractivity contribution in [2.45, 2.75) is 32.2 Å². The van der Waals surface area contributed by atoms with Gasteiger partial charge in [-0.15, -0.1) is 0 Å². The number of nitrogens with one attached hydrogen (secondary N) is 1. The van der Waals surface area contributed by atoms with Crippen molar-refractivity contribution >= 4 is 5.69 Å². The second-order valence-corrected chi connectivity index (χ2v) is 7.64. The molecule has 0 unspecified atom stereocenters. The van der Waals surface area contributed by atoms with E-state index in [0.29, 0.717) is 6.61 Å². The molecule has 2 aromatic carbocycles. The standard InChI is InChI=1S/C24H31N3O3/c1-18(26-9-13-30-23-7-4-3-6-22(23)29-2)14-19-15-20-8-11-27(10-5-12-28)24(20)21(16-19)17-25/h3-4,6-7,15-16,18,26,28H,5,8-14H2,1-2H3/t18-/m1/s1. The highest BCUT2D eigenvalue weighted by Gasteiger charge is 2.23. The van der Waals surface area contributed by atoms with E-state index < -0.39 is 0 Å². The number of fused-ring (bicyclic) bond motifs is 1. The van der Waals surface area contributed by atoms with Gasteiger partial charge in [0.15, 0.2) is 11.5 Å². The van der Waals surface area contributed by atoms with Gasteiger partial charge in [-0.3, -0.25) is 0 Å². The molecule has 1 heterocycles. The Kier molecular flexibility index (Phi) is 7.95. The summed E-state index contributed by atoms with van der Waals surface area (Å²) in [6.07, 6.45) is 2.54. The third-order valence-corrected chi connectivity index (χ3v) is 5.39. The van der Waals surface area contributed by atoms with Crippen LogP contribution in [0.2, 0.25) is 0 Å². The third kappa shape index (κ3) is 5.44. The molecule has 1 atom stereocenters. The Hall–Kier alpha value is -2.75. The lowest BCUT2D eigenvalue weighted by Crippen LogP contribution is -2.32. The van der Waals surface area contributed by atoms with E-state index in [1.54, 1.807) is 7.11 Å². The highest BCUT2D eigenvalue weighted by molar-refractivity contribution is 5.68. The number of ether oxygens (including phenoxy) is 2. The first-order chi connectivity index (χ1) is 14.7. The Morgan fingerprint density at radius 3 is 2.80 bits per heavy atom. The molecule has 160 valence electrons. The third-order valence-electron chi connectivity index (χ3n) is 5.39. The summed E-state index contributed by atoms with van der Waals surface area (Å²) in [6, 6.07) is 14.5. The first kappa shape index (κ1) is 21.9. The molecule has 0 saturated carbocycles. The minimum absolute atomic E-state index is 0.176. The molecule has 0 aromatic heterocycles. The fourth-order valence-electron chi connectivity index (χ4n) is 4.01. The van der Waals surface area contributed by atoms with Gasteiger partial charge in [0, 0.05) is 32.3 Å². The normalized spacial score (nSPS) is 13.6. The predicted molar refractivity (Wildman–Crippen MR) is 118 cm³/mol. The van der Waals surface area contributed by atoms with E-state index in [2.05, 4.69) is 29.3 Å². The maximum Gasteiger partial charge on any atom is 0.161 e. The van der Waals surface area contributed by atoms with Gasteiger partial charge in [0.2, 0.25) is 0 Å². The molecular formula is C24H31N3O3. The molecule has 30 heavy (non-hydrogen) atoms. The molecule has 0 amide bonds. The van der Waals surface area contributed by atoms with Crippen LogP contribution >= 0.6 is 0 Å².